The zero-order valence-corrected chi connectivity index (χ0v) is 17.8. The number of anilines is 1. The predicted molar refractivity (Wildman–Crippen MR) is 112 cm³/mol. The number of amides is 1. The van der Waals surface area contributed by atoms with Crippen molar-refractivity contribution in [3.8, 4) is 11.5 Å². The normalized spacial score (nSPS) is 13.9. The van der Waals surface area contributed by atoms with Crippen LogP contribution in [0.2, 0.25) is 0 Å². The number of aryl methyl sites for hydroxylation is 1. The molecule has 1 aliphatic heterocycles. The first-order valence-corrected chi connectivity index (χ1v) is 10.9. The van der Waals surface area contributed by atoms with E-state index in [4.69, 9.17) is 4.52 Å². The molecule has 1 aromatic heterocycles. The molecule has 1 aliphatic rings. The van der Waals surface area contributed by atoms with Crippen LogP contribution in [0.1, 0.15) is 17.0 Å². The highest BCUT2D eigenvalue weighted by atomic mass is 32.2. The van der Waals surface area contributed by atoms with Crippen LogP contribution in [0.4, 0.5) is 5.69 Å². The van der Waals surface area contributed by atoms with Crippen molar-refractivity contribution in [2.24, 2.45) is 0 Å². The SMILES string of the molecule is Cc1ccc(-c2nc(CCN(C)S(=O)(=O)c3ccc4c(c3)CC(=O)N4C)no2)cc1. The van der Waals surface area contributed by atoms with Crippen molar-refractivity contribution in [2.45, 2.75) is 24.7 Å². The van der Waals surface area contributed by atoms with E-state index in [1.807, 2.05) is 31.2 Å². The van der Waals surface area contributed by atoms with Crippen molar-refractivity contribution >= 4 is 21.6 Å². The van der Waals surface area contributed by atoms with Gasteiger partial charge in [-0.3, -0.25) is 4.79 Å². The van der Waals surface area contributed by atoms with Crippen molar-refractivity contribution in [3.05, 3.63) is 59.4 Å². The molecular formula is C21H22N4O4S. The van der Waals surface area contributed by atoms with E-state index in [1.165, 1.54) is 22.3 Å². The van der Waals surface area contributed by atoms with Crippen molar-refractivity contribution in [3.63, 3.8) is 0 Å². The highest BCUT2D eigenvalue weighted by molar-refractivity contribution is 7.89. The van der Waals surface area contributed by atoms with E-state index in [-0.39, 0.29) is 23.8 Å². The van der Waals surface area contributed by atoms with Crippen molar-refractivity contribution < 1.29 is 17.7 Å². The van der Waals surface area contributed by atoms with Crippen molar-refractivity contribution in [1.82, 2.24) is 14.4 Å². The summed E-state index contributed by atoms with van der Waals surface area (Å²) in [6, 6.07) is 12.5. The summed E-state index contributed by atoms with van der Waals surface area (Å²) in [5, 5.41) is 3.96. The molecule has 8 nitrogen and oxygen atoms in total. The number of rotatable bonds is 6. The second kappa shape index (κ2) is 7.66. The van der Waals surface area contributed by atoms with Gasteiger partial charge in [-0.05, 0) is 42.8 Å². The number of sulfonamides is 1. The van der Waals surface area contributed by atoms with Crippen LogP contribution in [0, 0.1) is 6.92 Å². The Balaban J connectivity index is 1.45. The van der Waals surface area contributed by atoms with Crippen LogP contribution in [0.3, 0.4) is 0 Å². The number of nitrogens with zero attached hydrogens (tertiary/aromatic N) is 4. The van der Waals surface area contributed by atoms with Crippen LogP contribution in [0.25, 0.3) is 11.5 Å². The third-order valence-corrected chi connectivity index (χ3v) is 7.11. The van der Waals surface area contributed by atoms with Crippen LogP contribution in [-0.2, 0) is 27.7 Å². The lowest BCUT2D eigenvalue weighted by Gasteiger charge is -2.17. The lowest BCUT2D eigenvalue weighted by Crippen LogP contribution is -2.29. The van der Waals surface area contributed by atoms with Crippen molar-refractivity contribution in [1.29, 1.82) is 0 Å². The number of hydrogen-bond donors (Lipinski definition) is 0. The molecule has 0 saturated carbocycles. The molecule has 0 fully saturated rings. The lowest BCUT2D eigenvalue weighted by atomic mass is 10.1. The van der Waals surface area contributed by atoms with Crippen LogP contribution in [-0.4, -0.2) is 49.4 Å². The van der Waals surface area contributed by atoms with E-state index in [9.17, 15) is 13.2 Å². The van der Waals surface area contributed by atoms with E-state index in [1.54, 1.807) is 19.2 Å². The number of hydrogen-bond acceptors (Lipinski definition) is 6. The van der Waals surface area contributed by atoms with E-state index >= 15 is 0 Å². The van der Waals surface area contributed by atoms with Crippen molar-refractivity contribution in [2.75, 3.05) is 25.5 Å². The number of likely N-dealkylation sites (N-methyl/N-ethyl adjacent to an activating group) is 2. The smallest absolute Gasteiger partial charge is 0.257 e. The zero-order valence-electron chi connectivity index (χ0n) is 17.0. The first-order chi connectivity index (χ1) is 14.3. The van der Waals surface area contributed by atoms with Gasteiger partial charge in [-0.2, -0.15) is 4.98 Å². The molecule has 0 radical (unpaired) electrons. The molecule has 9 heteroatoms. The molecule has 0 unspecified atom stereocenters. The molecule has 0 aliphatic carbocycles. The van der Waals surface area contributed by atoms with Gasteiger partial charge in [-0.15, -0.1) is 0 Å². The summed E-state index contributed by atoms with van der Waals surface area (Å²) in [6.07, 6.45) is 0.529. The molecule has 0 N–H and O–H groups in total. The third kappa shape index (κ3) is 3.73. The summed E-state index contributed by atoms with van der Waals surface area (Å²) in [5.74, 6) is 0.797. The Kier molecular flexibility index (Phi) is 5.17. The summed E-state index contributed by atoms with van der Waals surface area (Å²) >= 11 is 0. The Morgan fingerprint density at radius 2 is 1.90 bits per heavy atom. The average Bonchev–Trinajstić information content (AvgIpc) is 3.31. The largest absolute Gasteiger partial charge is 0.334 e. The monoisotopic (exact) mass is 426 g/mol. The summed E-state index contributed by atoms with van der Waals surface area (Å²) in [5.41, 5.74) is 3.42. The fraction of sp³-hybridized carbons (Fsp3) is 0.286. The molecule has 0 saturated heterocycles. The quantitative estimate of drug-likeness (QED) is 0.601. The maximum absolute atomic E-state index is 12.9. The van der Waals surface area contributed by atoms with Gasteiger partial charge in [0, 0.05) is 38.3 Å². The Morgan fingerprint density at radius 3 is 2.63 bits per heavy atom. The third-order valence-electron chi connectivity index (χ3n) is 5.25. The van der Waals surface area contributed by atoms with Gasteiger partial charge in [0.25, 0.3) is 5.89 Å². The minimum absolute atomic E-state index is 0.0469. The van der Waals surface area contributed by atoms with E-state index in [0.717, 1.165) is 22.4 Å². The van der Waals surface area contributed by atoms with Crippen LogP contribution in [0.15, 0.2) is 51.9 Å². The predicted octanol–water partition coefficient (Wildman–Crippen LogP) is 2.43. The van der Waals surface area contributed by atoms with Gasteiger partial charge in [0.2, 0.25) is 15.9 Å². The molecule has 1 amide bonds. The van der Waals surface area contributed by atoms with Gasteiger partial charge in [-0.25, -0.2) is 12.7 Å². The second-order valence-corrected chi connectivity index (χ2v) is 9.42. The molecule has 0 spiro atoms. The molecular weight excluding hydrogens is 404 g/mol. The molecule has 2 heterocycles. The first kappa shape index (κ1) is 20.2. The fourth-order valence-electron chi connectivity index (χ4n) is 3.33. The van der Waals surface area contributed by atoms with Gasteiger partial charge >= 0.3 is 0 Å². The Morgan fingerprint density at radius 1 is 1.17 bits per heavy atom. The summed E-state index contributed by atoms with van der Waals surface area (Å²) in [6.45, 7) is 2.20. The topological polar surface area (TPSA) is 96.6 Å². The highest BCUT2D eigenvalue weighted by Gasteiger charge is 2.28. The number of carbonyl (C=O) groups is 1. The van der Waals surface area contributed by atoms with E-state index in [0.29, 0.717) is 18.1 Å². The minimum atomic E-state index is -3.70. The standard InChI is InChI=1S/C21H22N4O4S/c1-14-4-6-15(7-5-14)21-22-19(23-29-21)10-11-24(2)30(27,28)17-8-9-18-16(12-17)13-20(26)25(18)3/h4-9,12H,10-11,13H2,1-3H3. The maximum Gasteiger partial charge on any atom is 0.257 e. The Hall–Kier alpha value is -3.04. The van der Waals surface area contributed by atoms with E-state index in [2.05, 4.69) is 10.1 Å². The molecule has 0 atom stereocenters. The Labute approximate surface area is 175 Å². The fourth-order valence-corrected chi connectivity index (χ4v) is 4.56. The molecule has 0 bridgehead atoms. The number of aromatic nitrogens is 2. The molecule has 2 aromatic carbocycles. The van der Waals surface area contributed by atoms with Gasteiger partial charge in [0.05, 0.1) is 11.3 Å². The van der Waals surface area contributed by atoms with Crippen LogP contribution >= 0.6 is 0 Å². The summed E-state index contributed by atoms with van der Waals surface area (Å²) in [7, 11) is -0.499. The number of fused-ring (bicyclic) bond motifs is 1. The molecule has 30 heavy (non-hydrogen) atoms. The van der Waals surface area contributed by atoms with E-state index < -0.39 is 10.0 Å². The molecule has 156 valence electrons. The first-order valence-electron chi connectivity index (χ1n) is 9.51. The van der Waals surface area contributed by atoms with Gasteiger partial charge in [0.1, 0.15) is 0 Å². The van der Waals surface area contributed by atoms with Crippen LogP contribution in [0.5, 0.6) is 0 Å². The average molecular weight is 426 g/mol. The molecule has 4 rings (SSSR count). The second-order valence-electron chi connectivity index (χ2n) is 7.38. The Bertz CT molecular complexity index is 1200. The summed E-state index contributed by atoms with van der Waals surface area (Å²) < 4.78 is 32.4. The zero-order chi connectivity index (χ0) is 21.5. The van der Waals surface area contributed by atoms with Gasteiger partial charge in [-0.1, -0.05) is 22.9 Å². The minimum Gasteiger partial charge on any atom is -0.334 e. The number of benzene rings is 2. The van der Waals surface area contributed by atoms with Gasteiger partial charge in [0.15, 0.2) is 5.82 Å². The summed E-state index contributed by atoms with van der Waals surface area (Å²) in [4.78, 5) is 17.9. The lowest BCUT2D eigenvalue weighted by molar-refractivity contribution is -0.117. The highest BCUT2D eigenvalue weighted by Crippen LogP contribution is 2.30. The maximum atomic E-state index is 12.9. The number of carbonyl (C=O) groups excluding carboxylic acids is 1. The van der Waals surface area contributed by atoms with Gasteiger partial charge < -0.3 is 9.42 Å². The van der Waals surface area contributed by atoms with Crippen LogP contribution < -0.4 is 4.90 Å². The molecule has 3 aromatic rings.